The number of hydrogen-bond acceptors (Lipinski definition) is 4. The topological polar surface area (TPSA) is 54.5 Å². The van der Waals surface area contributed by atoms with Crippen molar-refractivity contribution in [3.8, 4) is 0 Å². The van der Waals surface area contributed by atoms with Crippen molar-refractivity contribution in [3.63, 3.8) is 0 Å². The van der Waals surface area contributed by atoms with E-state index in [1.807, 2.05) is 19.9 Å². The first-order valence-electron chi connectivity index (χ1n) is 6.91. The van der Waals surface area contributed by atoms with Gasteiger partial charge in [-0.25, -0.2) is 9.78 Å². The van der Waals surface area contributed by atoms with Crippen LogP contribution in [-0.4, -0.2) is 41.7 Å². The van der Waals surface area contributed by atoms with Gasteiger partial charge in [0.2, 0.25) is 0 Å². The van der Waals surface area contributed by atoms with E-state index in [0.717, 1.165) is 24.1 Å². The Balaban J connectivity index is 1.90. The standard InChI is InChI=1S/C14H20ClN3O2/c1-3-20-14(19)18-8-5-11(6-9-18)17-12-10(2)4-7-16-13(12)15/h4,7,11,17H,3,5-6,8-9H2,1-2H3. The van der Waals surface area contributed by atoms with Crippen LogP contribution >= 0.6 is 11.6 Å². The lowest BCUT2D eigenvalue weighted by atomic mass is 10.0. The van der Waals surface area contributed by atoms with E-state index < -0.39 is 0 Å². The molecule has 0 unspecified atom stereocenters. The zero-order valence-electron chi connectivity index (χ0n) is 11.9. The first-order chi connectivity index (χ1) is 9.61. The van der Waals surface area contributed by atoms with Crippen molar-refractivity contribution in [1.82, 2.24) is 9.88 Å². The minimum atomic E-state index is -0.221. The zero-order valence-corrected chi connectivity index (χ0v) is 12.6. The fourth-order valence-electron chi connectivity index (χ4n) is 2.32. The van der Waals surface area contributed by atoms with Gasteiger partial charge in [-0.1, -0.05) is 11.6 Å². The van der Waals surface area contributed by atoms with Crippen LogP contribution in [0, 0.1) is 6.92 Å². The normalized spacial score (nSPS) is 16.1. The second-order valence-electron chi connectivity index (χ2n) is 4.90. The second kappa shape index (κ2) is 6.79. The molecule has 1 aliphatic heterocycles. The lowest BCUT2D eigenvalue weighted by molar-refractivity contribution is 0.0983. The van der Waals surface area contributed by atoms with Gasteiger partial charge in [-0.15, -0.1) is 0 Å². The average molecular weight is 298 g/mol. The van der Waals surface area contributed by atoms with E-state index in [0.29, 0.717) is 30.9 Å². The maximum Gasteiger partial charge on any atom is 0.409 e. The molecule has 0 radical (unpaired) electrons. The Labute approximate surface area is 124 Å². The van der Waals surface area contributed by atoms with Gasteiger partial charge in [0.25, 0.3) is 0 Å². The van der Waals surface area contributed by atoms with Gasteiger partial charge in [0.05, 0.1) is 12.3 Å². The third kappa shape index (κ3) is 3.54. The number of carbonyl (C=O) groups is 1. The number of nitrogens with one attached hydrogen (secondary N) is 1. The summed E-state index contributed by atoms with van der Waals surface area (Å²) in [6.45, 7) is 5.64. The van der Waals surface area contributed by atoms with Crippen molar-refractivity contribution in [3.05, 3.63) is 23.0 Å². The van der Waals surface area contributed by atoms with Crippen LogP contribution in [0.15, 0.2) is 12.3 Å². The number of halogens is 1. The average Bonchev–Trinajstić information content (AvgIpc) is 2.44. The Kier molecular flexibility index (Phi) is 5.06. The van der Waals surface area contributed by atoms with Crippen molar-refractivity contribution < 1.29 is 9.53 Å². The molecule has 1 saturated heterocycles. The molecule has 1 fully saturated rings. The minimum Gasteiger partial charge on any atom is -0.450 e. The molecule has 0 aliphatic carbocycles. The molecule has 1 aromatic heterocycles. The Morgan fingerprint density at radius 3 is 2.85 bits per heavy atom. The van der Waals surface area contributed by atoms with Crippen molar-refractivity contribution >= 4 is 23.4 Å². The Morgan fingerprint density at radius 2 is 2.25 bits per heavy atom. The summed E-state index contributed by atoms with van der Waals surface area (Å²) in [5.74, 6) is 0. The number of rotatable bonds is 3. The summed E-state index contributed by atoms with van der Waals surface area (Å²) < 4.78 is 5.01. The summed E-state index contributed by atoms with van der Waals surface area (Å²) in [6, 6.07) is 2.24. The highest BCUT2D eigenvalue weighted by molar-refractivity contribution is 6.32. The number of carbonyl (C=O) groups excluding carboxylic acids is 1. The number of anilines is 1. The summed E-state index contributed by atoms with van der Waals surface area (Å²) in [4.78, 5) is 17.5. The van der Waals surface area contributed by atoms with Crippen LogP contribution in [0.3, 0.4) is 0 Å². The molecule has 1 aliphatic rings. The number of likely N-dealkylation sites (tertiary alicyclic amines) is 1. The number of ether oxygens (including phenoxy) is 1. The van der Waals surface area contributed by atoms with E-state index in [1.165, 1.54) is 0 Å². The van der Waals surface area contributed by atoms with Crippen molar-refractivity contribution in [2.75, 3.05) is 25.0 Å². The molecule has 2 heterocycles. The molecule has 0 saturated carbocycles. The highest BCUT2D eigenvalue weighted by Gasteiger charge is 2.24. The molecule has 1 N–H and O–H groups in total. The predicted molar refractivity (Wildman–Crippen MR) is 79.2 cm³/mol. The number of amides is 1. The number of piperidine rings is 1. The molecule has 0 spiro atoms. The molecule has 0 atom stereocenters. The van der Waals surface area contributed by atoms with Crippen molar-refractivity contribution in [1.29, 1.82) is 0 Å². The highest BCUT2D eigenvalue weighted by Crippen LogP contribution is 2.25. The summed E-state index contributed by atoms with van der Waals surface area (Å²) in [6.07, 6.45) is 3.24. The maximum absolute atomic E-state index is 11.6. The quantitative estimate of drug-likeness (QED) is 0.871. The molecule has 0 bridgehead atoms. The fraction of sp³-hybridized carbons (Fsp3) is 0.571. The van der Waals surface area contributed by atoms with Gasteiger partial charge in [0.15, 0.2) is 5.15 Å². The van der Waals surface area contributed by atoms with Crippen LogP contribution < -0.4 is 5.32 Å². The number of hydrogen-bond donors (Lipinski definition) is 1. The van der Waals surface area contributed by atoms with Gasteiger partial charge in [-0.3, -0.25) is 0 Å². The SMILES string of the molecule is CCOC(=O)N1CCC(Nc2c(C)ccnc2Cl)CC1. The van der Waals surface area contributed by atoms with Crippen LogP contribution in [0.25, 0.3) is 0 Å². The molecule has 20 heavy (non-hydrogen) atoms. The van der Waals surface area contributed by atoms with E-state index in [9.17, 15) is 4.79 Å². The lowest BCUT2D eigenvalue weighted by Crippen LogP contribution is -2.42. The minimum absolute atomic E-state index is 0.221. The van der Waals surface area contributed by atoms with E-state index in [-0.39, 0.29) is 6.09 Å². The predicted octanol–water partition coefficient (Wildman–Crippen LogP) is 3.08. The summed E-state index contributed by atoms with van der Waals surface area (Å²) >= 11 is 6.11. The van der Waals surface area contributed by atoms with Crippen LogP contribution in [0.1, 0.15) is 25.3 Å². The Bertz CT molecular complexity index is 453. The van der Waals surface area contributed by atoms with Gasteiger partial charge in [-0.05, 0) is 38.3 Å². The number of aromatic nitrogens is 1. The summed E-state index contributed by atoms with van der Waals surface area (Å²) in [7, 11) is 0. The van der Waals surface area contributed by atoms with E-state index >= 15 is 0 Å². The third-order valence-electron chi connectivity index (χ3n) is 3.48. The largest absolute Gasteiger partial charge is 0.450 e. The summed E-state index contributed by atoms with van der Waals surface area (Å²) in [5.41, 5.74) is 1.97. The molecule has 0 aromatic carbocycles. The van der Waals surface area contributed by atoms with Crippen LogP contribution in [-0.2, 0) is 4.74 Å². The van der Waals surface area contributed by atoms with Crippen LogP contribution in [0.4, 0.5) is 10.5 Å². The second-order valence-corrected chi connectivity index (χ2v) is 5.26. The number of nitrogens with zero attached hydrogens (tertiary/aromatic N) is 2. The molecule has 1 aromatic rings. The Morgan fingerprint density at radius 1 is 1.55 bits per heavy atom. The molecule has 1 amide bonds. The van der Waals surface area contributed by atoms with Crippen molar-refractivity contribution in [2.24, 2.45) is 0 Å². The van der Waals surface area contributed by atoms with Crippen LogP contribution in [0.2, 0.25) is 5.15 Å². The maximum atomic E-state index is 11.6. The highest BCUT2D eigenvalue weighted by atomic mass is 35.5. The smallest absolute Gasteiger partial charge is 0.409 e. The van der Waals surface area contributed by atoms with E-state index in [4.69, 9.17) is 16.3 Å². The Hall–Kier alpha value is -1.49. The van der Waals surface area contributed by atoms with Crippen molar-refractivity contribution in [2.45, 2.75) is 32.7 Å². The lowest BCUT2D eigenvalue weighted by Gasteiger charge is -2.32. The molecular weight excluding hydrogens is 278 g/mol. The van der Waals surface area contributed by atoms with Gasteiger partial charge in [-0.2, -0.15) is 0 Å². The molecule has 2 rings (SSSR count). The van der Waals surface area contributed by atoms with Gasteiger partial charge >= 0.3 is 6.09 Å². The van der Waals surface area contributed by atoms with Gasteiger partial charge in [0.1, 0.15) is 0 Å². The monoisotopic (exact) mass is 297 g/mol. The van der Waals surface area contributed by atoms with Crippen LogP contribution in [0.5, 0.6) is 0 Å². The molecular formula is C14H20ClN3O2. The fourth-order valence-corrected chi connectivity index (χ4v) is 2.58. The van der Waals surface area contributed by atoms with Gasteiger partial charge in [0, 0.05) is 25.3 Å². The molecule has 6 heteroatoms. The first-order valence-corrected chi connectivity index (χ1v) is 7.29. The summed E-state index contributed by atoms with van der Waals surface area (Å²) in [5, 5.41) is 3.93. The zero-order chi connectivity index (χ0) is 14.5. The van der Waals surface area contributed by atoms with E-state index in [2.05, 4.69) is 10.3 Å². The van der Waals surface area contributed by atoms with E-state index in [1.54, 1.807) is 11.1 Å². The first kappa shape index (κ1) is 14.9. The number of pyridine rings is 1. The number of aryl methyl sites for hydroxylation is 1. The third-order valence-corrected chi connectivity index (χ3v) is 3.77. The molecule has 5 nitrogen and oxygen atoms in total. The molecule has 110 valence electrons. The van der Waals surface area contributed by atoms with Gasteiger partial charge < -0.3 is 15.0 Å².